The zero-order valence-electron chi connectivity index (χ0n) is 15.6. The number of carbonyl (C=O) groups excluding carboxylic acids is 1. The average Bonchev–Trinajstić information content (AvgIpc) is 3.06. The highest BCUT2D eigenvalue weighted by molar-refractivity contribution is 5.92. The Morgan fingerprint density at radius 2 is 2.00 bits per heavy atom. The van der Waals surface area contributed by atoms with Gasteiger partial charge in [-0.05, 0) is 64.5 Å². The van der Waals surface area contributed by atoms with Crippen molar-refractivity contribution in [2.24, 2.45) is 11.8 Å². The molecule has 3 rings (SSSR count). The summed E-state index contributed by atoms with van der Waals surface area (Å²) in [5.41, 5.74) is 0.260. The molecule has 0 bridgehead atoms. The molecule has 0 aromatic carbocycles. The van der Waals surface area contributed by atoms with Crippen LogP contribution in [0.4, 0.5) is 5.69 Å². The van der Waals surface area contributed by atoms with Gasteiger partial charge in [-0.2, -0.15) is 5.10 Å². The zero-order chi connectivity index (χ0) is 17.9. The minimum absolute atomic E-state index is 0.0576. The molecule has 0 spiro atoms. The fraction of sp³-hybridized carbons (Fsp3) is 0.789. The molecular weight excluding hydrogens is 316 g/mol. The van der Waals surface area contributed by atoms with Gasteiger partial charge < -0.3 is 15.3 Å². The molecule has 2 fully saturated rings. The normalized spacial score (nSPS) is 28.8. The monoisotopic (exact) mass is 348 g/mol. The van der Waals surface area contributed by atoms with Gasteiger partial charge >= 0.3 is 0 Å². The highest BCUT2D eigenvalue weighted by Crippen LogP contribution is 2.33. The van der Waals surface area contributed by atoms with E-state index in [0.717, 1.165) is 76.3 Å². The molecule has 1 aromatic rings. The van der Waals surface area contributed by atoms with E-state index >= 15 is 0 Å². The molecule has 1 aliphatic carbocycles. The van der Waals surface area contributed by atoms with Gasteiger partial charge in [-0.1, -0.05) is 6.92 Å². The van der Waals surface area contributed by atoms with Gasteiger partial charge in [0.15, 0.2) is 0 Å². The third-order valence-corrected chi connectivity index (χ3v) is 5.91. The van der Waals surface area contributed by atoms with Gasteiger partial charge in [0.05, 0.1) is 17.5 Å². The van der Waals surface area contributed by atoms with E-state index in [-0.39, 0.29) is 11.8 Å². The number of aryl methyl sites for hydroxylation is 1. The number of nitrogens with one attached hydrogen (secondary N) is 1. The fourth-order valence-electron chi connectivity index (χ4n) is 4.07. The van der Waals surface area contributed by atoms with Gasteiger partial charge in [-0.25, -0.2) is 0 Å². The van der Waals surface area contributed by atoms with Crippen molar-refractivity contribution in [2.45, 2.75) is 64.5 Å². The summed E-state index contributed by atoms with van der Waals surface area (Å²) in [4.78, 5) is 14.8. The molecule has 2 N–H and O–H groups in total. The number of piperidine rings is 1. The Hall–Kier alpha value is -1.40. The Morgan fingerprint density at radius 3 is 2.60 bits per heavy atom. The van der Waals surface area contributed by atoms with E-state index in [2.05, 4.69) is 22.2 Å². The molecule has 1 amide bonds. The maximum atomic E-state index is 12.4. The number of hydrogen-bond donors (Lipinski definition) is 2. The molecule has 6 heteroatoms. The van der Waals surface area contributed by atoms with Crippen LogP contribution >= 0.6 is 0 Å². The third-order valence-electron chi connectivity index (χ3n) is 5.91. The number of anilines is 1. The minimum Gasteiger partial charge on any atom is -0.389 e. The number of aromatic nitrogens is 2. The SMILES string of the molecule is CCn1cc(NC(=O)C2CCN(CC3(O)CCC(C)CC3)CC2)cn1. The second-order valence-electron chi connectivity index (χ2n) is 8.03. The highest BCUT2D eigenvalue weighted by Gasteiger charge is 2.35. The molecule has 140 valence electrons. The van der Waals surface area contributed by atoms with Crippen molar-refractivity contribution in [2.75, 3.05) is 25.0 Å². The van der Waals surface area contributed by atoms with E-state index in [4.69, 9.17) is 0 Å². The number of amides is 1. The van der Waals surface area contributed by atoms with Crippen LogP contribution in [0.25, 0.3) is 0 Å². The summed E-state index contributed by atoms with van der Waals surface area (Å²) in [5, 5.41) is 18.0. The average molecular weight is 348 g/mol. The van der Waals surface area contributed by atoms with Crippen molar-refractivity contribution < 1.29 is 9.90 Å². The molecule has 25 heavy (non-hydrogen) atoms. The number of nitrogens with zero attached hydrogens (tertiary/aromatic N) is 3. The van der Waals surface area contributed by atoms with E-state index in [0.29, 0.717) is 0 Å². The standard InChI is InChI=1S/C19H32N4O2/c1-3-23-13-17(12-20-23)21-18(24)16-6-10-22(11-7-16)14-19(25)8-4-15(2)5-9-19/h12-13,15-16,25H,3-11,14H2,1-2H3,(H,21,24). The molecule has 0 radical (unpaired) electrons. The first-order chi connectivity index (χ1) is 12.0. The van der Waals surface area contributed by atoms with Gasteiger partial charge in [0.25, 0.3) is 0 Å². The predicted octanol–water partition coefficient (Wildman–Crippen LogP) is 2.49. The molecule has 1 saturated carbocycles. The topological polar surface area (TPSA) is 70.4 Å². The summed E-state index contributed by atoms with van der Waals surface area (Å²) in [5.74, 6) is 0.898. The Bertz CT molecular complexity index is 570. The number of hydrogen-bond acceptors (Lipinski definition) is 4. The van der Waals surface area contributed by atoms with Crippen LogP contribution in [0, 0.1) is 11.8 Å². The molecule has 1 aliphatic heterocycles. The zero-order valence-corrected chi connectivity index (χ0v) is 15.6. The van der Waals surface area contributed by atoms with Crippen LogP contribution in [-0.4, -0.2) is 50.9 Å². The van der Waals surface area contributed by atoms with Gasteiger partial charge in [-0.15, -0.1) is 0 Å². The van der Waals surface area contributed by atoms with E-state index < -0.39 is 5.60 Å². The van der Waals surface area contributed by atoms with Gasteiger partial charge in [-0.3, -0.25) is 9.48 Å². The molecule has 0 unspecified atom stereocenters. The Balaban J connectivity index is 1.44. The first-order valence-corrected chi connectivity index (χ1v) is 9.75. The summed E-state index contributed by atoms with van der Waals surface area (Å²) in [6.07, 6.45) is 9.37. The largest absolute Gasteiger partial charge is 0.389 e. The quantitative estimate of drug-likeness (QED) is 0.858. The highest BCUT2D eigenvalue weighted by atomic mass is 16.3. The van der Waals surface area contributed by atoms with Crippen LogP contribution in [-0.2, 0) is 11.3 Å². The second kappa shape index (κ2) is 7.87. The fourth-order valence-corrected chi connectivity index (χ4v) is 4.07. The van der Waals surface area contributed by atoms with Crippen molar-refractivity contribution in [1.29, 1.82) is 0 Å². The lowest BCUT2D eigenvalue weighted by Crippen LogP contribution is -2.48. The van der Waals surface area contributed by atoms with Crippen molar-refractivity contribution in [3.05, 3.63) is 12.4 Å². The van der Waals surface area contributed by atoms with Crippen LogP contribution in [0.2, 0.25) is 0 Å². The molecule has 2 heterocycles. The second-order valence-corrected chi connectivity index (χ2v) is 8.03. The molecule has 0 atom stereocenters. The van der Waals surface area contributed by atoms with Crippen molar-refractivity contribution in [3.63, 3.8) is 0 Å². The van der Waals surface area contributed by atoms with Gasteiger partial charge in [0, 0.05) is 25.2 Å². The first-order valence-electron chi connectivity index (χ1n) is 9.75. The van der Waals surface area contributed by atoms with Crippen LogP contribution in [0.3, 0.4) is 0 Å². The molecule has 1 saturated heterocycles. The van der Waals surface area contributed by atoms with Crippen LogP contribution in [0.5, 0.6) is 0 Å². The van der Waals surface area contributed by atoms with Crippen molar-refractivity contribution >= 4 is 11.6 Å². The van der Waals surface area contributed by atoms with E-state index in [1.165, 1.54) is 0 Å². The third kappa shape index (κ3) is 4.82. The summed E-state index contributed by atoms with van der Waals surface area (Å²) >= 11 is 0. The summed E-state index contributed by atoms with van der Waals surface area (Å²) < 4.78 is 1.81. The van der Waals surface area contributed by atoms with Crippen molar-refractivity contribution in [3.8, 4) is 0 Å². The van der Waals surface area contributed by atoms with Crippen molar-refractivity contribution in [1.82, 2.24) is 14.7 Å². The van der Waals surface area contributed by atoms with Gasteiger partial charge in [0.1, 0.15) is 0 Å². The summed E-state index contributed by atoms with van der Waals surface area (Å²) in [6.45, 7) is 7.64. The molecule has 1 aromatic heterocycles. The Kier molecular flexibility index (Phi) is 5.79. The molecule has 2 aliphatic rings. The maximum Gasteiger partial charge on any atom is 0.227 e. The number of aliphatic hydroxyl groups is 1. The van der Waals surface area contributed by atoms with Crippen LogP contribution in [0.15, 0.2) is 12.4 Å². The first kappa shape index (κ1) is 18.4. The number of carbonyl (C=O) groups is 1. The van der Waals surface area contributed by atoms with E-state index in [1.54, 1.807) is 6.20 Å². The summed E-state index contributed by atoms with van der Waals surface area (Å²) in [6, 6.07) is 0. The molecular formula is C19H32N4O2. The molecule has 6 nitrogen and oxygen atoms in total. The lowest BCUT2D eigenvalue weighted by Gasteiger charge is -2.41. The lowest BCUT2D eigenvalue weighted by molar-refractivity contribution is -0.121. The number of rotatable bonds is 5. The number of β-amino-alcohol motifs (C(OH)–C–C–N with tert-alkyl or cyclic N) is 1. The Morgan fingerprint density at radius 1 is 1.32 bits per heavy atom. The Labute approximate surface area is 150 Å². The van der Waals surface area contributed by atoms with Crippen LogP contribution < -0.4 is 5.32 Å². The van der Waals surface area contributed by atoms with Crippen LogP contribution in [0.1, 0.15) is 52.4 Å². The van der Waals surface area contributed by atoms with E-state index in [1.807, 2.05) is 17.8 Å². The predicted molar refractivity (Wildman–Crippen MR) is 98.3 cm³/mol. The van der Waals surface area contributed by atoms with Gasteiger partial charge in [0.2, 0.25) is 5.91 Å². The maximum absolute atomic E-state index is 12.4. The number of likely N-dealkylation sites (tertiary alicyclic amines) is 1. The summed E-state index contributed by atoms with van der Waals surface area (Å²) in [7, 11) is 0. The lowest BCUT2D eigenvalue weighted by atomic mass is 9.79. The van der Waals surface area contributed by atoms with E-state index in [9.17, 15) is 9.90 Å². The minimum atomic E-state index is -0.518. The smallest absolute Gasteiger partial charge is 0.227 e.